The van der Waals surface area contributed by atoms with E-state index in [-0.39, 0.29) is 6.04 Å². The second-order valence-corrected chi connectivity index (χ2v) is 3.56. The first-order chi connectivity index (χ1) is 7.27. The normalized spacial score (nSPS) is 12.7. The molecule has 1 unspecified atom stereocenters. The van der Waals surface area contributed by atoms with Crippen molar-refractivity contribution in [1.29, 1.82) is 0 Å². The number of pyridine rings is 1. The third-order valence-electron chi connectivity index (χ3n) is 2.40. The summed E-state index contributed by atoms with van der Waals surface area (Å²) in [4.78, 5) is 8.21. The van der Waals surface area contributed by atoms with Crippen molar-refractivity contribution in [3.63, 3.8) is 0 Å². The molecule has 0 saturated heterocycles. The zero-order valence-corrected chi connectivity index (χ0v) is 8.67. The van der Waals surface area contributed by atoms with Crippen LogP contribution in [0.5, 0.6) is 0 Å². The van der Waals surface area contributed by atoms with E-state index in [1.807, 2.05) is 29.9 Å². The average Bonchev–Trinajstić information content (AvgIpc) is 2.66. The highest BCUT2D eigenvalue weighted by Gasteiger charge is 2.10. The van der Waals surface area contributed by atoms with Crippen molar-refractivity contribution >= 4 is 0 Å². The van der Waals surface area contributed by atoms with E-state index in [1.54, 1.807) is 18.6 Å². The highest BCUT2D eigenvalue weighted by Crippen LogP contribution is 2.12. The zero-order chi connectivity index (χ0) is 10.7. The molecule has 4 nitrogen and oxygen atoms in total. The Morgan fingerprint density at radius 1 is 1.33 bits per heavy atom. The molecule has 0 amide bonds. The quantitative estimate of drug-likeness (QED) is 0.809. The van der Waals surface area contributed by atoms with Crippen molar-refractivity contribution < 1.29 is 0 Å². The molecule has 78 valence electrons. The molecule has 2 aromatic heterocycles. The molecule has 2 heterocycles. The Kier molecular flexibility index (Phi) is 2.78. The van der Waals surface area contributed by atoms with Crippen LogP contribution in [-0.4, -0.2) is 14.5 Å². The van der Waals surface area contributed by atoms with Gasteiger partial charge in [0.2, 0.25) is 0 Å². The van der Waals surface area contributed by atoms with E-state index in [1.165, 1.54) is 5.56 Å². The van der Waals surface area contributed by atoms with Crippen molar-refractivity contribution in [3.8, 4) is 0 Å². The smallest absolute Gasteiger partial charge is 0.125 e. The van der Waals surface area contributed by atoms with E-state index in [2.05, 4.69) is 9.97 Å². The van der Waals surface area contributed by atoms with Gasteiger partial charge in [0.25, 0.3) is 0 Å². The van der Waals surface area contributed by atoms with Gasteiger partial charge in [0.05, 0.1) is 6.04 Å². The van der Waals surface area contributed by atoms with Gasteiger partial charge in [-0.1, -0.05) is 0 Å². The summed E-state index contributed by atoms with van der Waals surface area (Å²) in [5.74, 6) is 0.909. The lowest BCUT2D eigenvalue weighted by atomic mass is 10.1. The fourth-order valence-corrected chi connectivity index (χ4v) is 1.60. The number of aryl methyl sites for hydroxylation is 1. The molecule has 4 heteroatoms. The van der Waals surface area contributed by atoms with Crippen LogP contribution in [0, 0.1) is 0 Å². The standard InChI is InChI=1S/C11H14N4/c1-15-7-6-14-11(15)10(12)8-9-2-4-13-5-3-9/h2-7,10H,8,12H2,1H3. The molecule has 2 aromatic rings. The molecule has 0 spiro atoms. The number of nitrogens with zero attached hydrogens (tertiary/aromatic N) is 3. The van der Waals surface area contributed by atoms with Gasteiger partial charge in [0, 0.05) is 31.8 Å². The predicted octanol–water partition coefficient (Wildman–Crippen LogP) is 1.06. The lowest BCUT2D eigenvalue weighted by Crippen LogP contribution is -2.17. The maximum absolute atomic E-state index is 6.07. The van der Waals surface area contributed by atoms with Gasteiger partial charge in [0.15, 0.2) is 0 Å². The maximum atomic E-state index is 6.07. The van der Waals surface area contributed by atoms with Crippen LogP contribution in [0.2, 0.25) is 0 Å². The minimum absolute atomic E-state index is 0.0626. The Morgan fingerprint density at radius 2 is 2.07 bits per heavy atom. The lowest BCUT2D eigenvalue weighted by molar-refractivity contribution is 0.632. The van der Waals surface area contributed by atoms with Gasteiger partial charge in [-0.3, -0.25) is 4.98 Å². The summed E-state index contributed by atoms with van der Waals surface area (Å²) in [6, 6.07) is 3.89. The van der Waals surface area contributed by atoms with Crippen molar-refractivity contribution in [2.45, 2.75) is 12.5 Å². The van der Waals surface area contributed by atoms with Crippen LogP contribution in [0.1, 0.15) is 17.4 Å². The van der Waals surface area contributed by atoms with Crippen LogP contribution >= 0.6 is 0 Å². The van der Waals surface area contributed by atoms with Crippen LogP contribution in [0.25, 0.3) is 0 Å². The Balaban J connectivity index is 2.11. The van der Waals surface area contributed by atoms with E-state index >= 15 is 0 Å². The summed E-state index contributed by atoms with van der Waals surface area (Å²) < 4.78 is 1.95. The third-order valence-corrected chi connectivity index (χ3v) is 2.40. The number of hydrogen-bond donors (Lipinski definition) is 1. The Bertz CT molecular complexity index is 421. The molecular formula is C11H14N4. The fraction of sp³-hybridized carbons (Fsp3) is 0.273. The highest BCUT2D eigenvalue weighted by molar-refractivity contribution is 5.13. The average molecular weight is 202 g/mol. The van der Waals surface area contributed by atoms with Crippen molar-refractivity contribution in [3.05, 3.63) is 48.3 Å². The number of imidazole rings is 1. The highest BCUT2D eigenvalue weighted by atomic mass is 15.1. The molecule has 0 aliphatic rings. The van der Waals surface area contributed by atoms with Crippen molar-refractivity contribution in [2.24, 2.45) is 12.8 Å². The number of rotatable bonds is 3. The Morgan fingerprint density at radius 3 is 2.67 bits per heavy atom. The molecular weight excluding hydrogens is 188 g/mol. The second-order valence-electron chi connectivity index (χ2n) is 3.56. The summed E-state index contributed by atoms with van der Waals surface area (Å²) in [7, 11) is 1.95. The Hall–Kier alpha value is -1.68. The van der Waals surface area contributed by atoms with E-state index in [0.717, 1.165) is 12.2 Å². The molecule has 0 radical (unpaired) electrons. The Labute approximate surface area is 88.8 Å². The lowest BCUT2D eigenvalue weighted by Gasteiger charge is -2.11. The third kappa shape index (κ3) is 2.22. The number of nitrogens with two attached hydrogens (primary N) is 1. The van der Waals surface area contributed by atoms with E-state index in [0.29, 0.717) is 0 Å². The molecule has 0 fully saturated rings. The van der Waals surface area contributed by atoms with E-state index < -0.39 is 0 Å². The molecule has 0 bridgehead atoms. The number of hydrogen-bond acceptors (Lipinski definition) is 3. The first-order valence-electron chi connectivity index (χ1n) is 4.89. The van der Waals surface area contributed by atoms with E-state index in [9.17, 15) is 0 Å². The van der Waals surface area contributed by atoms with E-state index in [4.69, 9.17) is 5.73 Å². The molecule has 1 atom stereocenters. The zero-order valence-electron chi connectivity index (χ0n) is 8.67. The molecule has 0 aliphatic heterocycles. The molecule has 2 N–H and O–H groups in total. The molecule has 2 rings (SSSR count). The topological polar surface area (TPSA) is 56.7 Å². The monoisotopic (exact) mass is 202 g/mol. The second kappa shape index (κ2) is 4.23. The minimum atomic E-state index is -0.0626. The summed E-state index contributed by atoms with van der Waals surface area (Å²) in [6.07, 6.45) is 8.01. The van der Waals surface area contributed by atoms with Crippen LogP contribution in [0.4, 0.5) is 0 Å². The van der Waals surface area contributed by atoms with Crippen LogP contribution in [0.15, 0.2) is 36.9 Å². The first kappa shape index (κ1) is 9.86. The van der Waals surface area contributed by atoms with Crippen LogP contribution in [-0.2, 0) is 13.5 Å². The largest absolute Gasteiger partial charge is 0.337 e. The summed E-state index contributed by atoms with van der Waals surface area (Å²) in [5, 5.41) is 0. The van der Waals surface area contributed by atoms with Crippen LogP contribution < -0.4 is 5.73 Å². The summed E-state index contributed by atoms with van der Waals surface area (Å²) in [5.41, 5.74) is 7.25. The molecule has 0 aromatic carbocycles. The van der Waals surface area contributed by atoms with Crippen LogP contribution in [0.3, 0.4) is 0 Å². The molecule has 0 aliphatic carbocycles. The predicted molar refractivity (Wildman–Crippen MR) is 58.1 cm³/mol. The first-order valence-corrected chi connectivity index (χ1v) is 4.89. The van der Waals surface area contributed by atoms with Gasteiger partial charge in [-0.25, -0.2) is 4.98 Å². The van der Waals surface area contributed by atoms with Gasteiger partial charge < -0.3 is 10.3 Å². The fourth-order valence-electron chi connectivity index (χ4n) is 1.60. The molecule has 0 saturated carbocycles. The van der Waals surface area contributed by atoms with Gasteiger partial charge in [-0.2, -0.15) is 0 Å². The maximum Gasteiger partial charge on any atom is 0.125 e. The van der Waals surface area contributed by atoms with Gasteiger partial charge >= 0.3 is 0 Å². The summed E-state index contributed by atoms with van der Waals surface area (Å²) >= 11 is 0. The summed E-state index contributed by atoms with van der Waals surface area (Å²) in [6.45, 7) is 0. The van der Waals surface area contributed by atoms with Crippen molar-refractivity contribution in [1.82, 2.24) is 14.5 Å². The van der Waals surface area contributed by atoms with Crippen molar-refractivity contribution in [2.75, 3.05) is 0 Å². The van der Waals surface area contributed by atoms with Gasteiger partial charge in [-0.15, -0.1) is 0 Å². The SMILES string of the molecule is Cn1ccnc1C(N)Cc1ccncc1. The molecule has 15 heavy (non-hydrogen) atoms. The minimum Gasteiger partial charge on any atom is -0.337 e. The van der Waals surface area contributed by atoms with Gasteiger partial charge in [0.1, 0.15) is 5.82 Å². The number of aromatic nitrogens is 3. The van der Waals surface area contributed by atoms with Gasteiger partial charge in [-0.05, 0) is 24.1 Å².